The van der Waals surface area contributed by atoms with E-state index in [2.05, 4.69) is 200 Å². The van der Waals surface area contributed by atoms with Gasteiger partial charge in [0.2, 0.25) is 0 Å². The summed E-state index contributed by atoms with van der Waals surface area (Å²) in [5.74, 6) is 0.617. The van der Waals surface area contributed by atoms with Crippen LogP contribution in [-0.2, 0) is 0 Å². The maximum absolute atomic E-state index is 9.55. The Labute approximate surface area is 346 Å². The van der Waals surface area contributed by atoms with Crippen molar-refractivity contribution in [3.05, 3.63) is 230 Å². The highest BCUT2D eigenvalue weighted by molar-refractivity contribution is 7.19. The molecule has 9 aromatic rings. The number of hydrogen-bond donors (Lipinski definition) is 0. The summed E-state index contributed by atoms with van der Waals surface area (Å²) in [4.78, 5) is 10.8. The first kappa shape index (κ1) is 37.0. The maximum Gasteiger partial charge on any atom is 0.179 e. The number of nitriles is 1. The molecular formula is C54H40N4Si. The Bertz CT molecular complexity index is 2920. The zero-order chi connectivity index (χ0) is 40.2. The van der Waals surface area contributed by atoms with Crippen LogP contribution in [-0.4, -0.2) is 22.6 Å². The monoisotopic (exact) mass is 772 g/mol. The van der Waals surface area contributed by atoms with E-state index in [-0.39, 0.29) is 0 Å². The number of allylic oxidation sites excluding steroid dienone is 2. The topological polar surface area (TPSA) is 54.5 Å². The molecular weight excluding hydrogens is 733 g/mol. The van der Waals surface area contributed by atoms with Crippen LogP contribution in [0.15, 0.2) is 218 Å². The number of aryl methyl sites for hydroxylation is 1. The van der Waals surface area contributed by atoms with Crippen LogP contribution >= 0.6 is 0 Å². The molecule has 7 aromatic carbocycles. The summed E-state index contributed by atoms with van der Waals surface area (Å²) >= 11 is 0. The predicted octanol–water partition coefficient (Wildman–Crippen LogP) is 10.2. The molecule has 59 heavy (non-hydrogen) atoms. The Hall–Kier alpha value is -7.65. The third-order valence-electron chi connectivity index (χ3n) is 11.2. The minimum Gasteiger partial charge on any atom is -0.309 e. The van der Waals surface area contributed by atoms with Crippen molar-refractivity contribution in [3.63, 3.8) is 0 Å². The van der Waals surface area contributed by atoms with Crippen LogP contribution in [0.4, 0.5) is 0 Å². The summed E-state index contributed by atoms with van der Waals surface area (Å²) in [6.45, 7) is 6.04. The first-order chi connectivity index (χ1) is 29.1. The van der Waals surface area contributed by atoms with Crippen molar-refractivity contribution in [2.45, 2.75) is 6.92 Å². The summed E-state index contributed by atoms with van der Waals surface area (Å²) in [7, 11) is -2.80. The fraction of sp³-hybridized carbons (Fsp3) is 0.0185. The van der Waals surface area contributed by atoms with Gasteiger partial charge in [-0.2, -0.15) is 5.26 Å². The number of nitrogens with zero attached hydrogens (tertiary/aromatic N) is 4. The van der Waals surface area contributed by atoms with E-state index in [0.717, 1.165) is 55.9 Å². The van der Waals surface area contributed by atoms with Gasteiger partial charge in [0.1, 0.15) is 0 Å². The van der Waals surface area contributed by atoms with E-state index in [0.29, 0.717) is 11.4 Å². The molecule has 0 aliphatic carbocycles. The lowest BCUT2D eigenvalue weighted by Crippen LogP contribution is -2.74. The van der Waals surface area contributed by atoms with Crippen LogP contribution in [0.1, 0.15) is 11.3 Å². The number of benzene rings is 7. The second-order valence-electron chi connectivity index (χ2n) is 14.6. The van der Waals surface area contributed by atoms with E-state index >= 15 is 0 Å². The molecule has 4 nitrogen and oxygen atoms in total. The van der Waals surface area contributed by atoms with Gasteiger partial charge >= 0.3 is 0 Å². The molecule has 9 rings (SSSR count). The van der Waals surface area contributed by atoms with Gasteiger partial charge in [-0.15, -0.1) is 0 Å². The largest absolute Gasteiger partial charge is 0.309 e. The van der Waals surface area contributed by atoms with E-state index in [1.807, 2.05) is 30.3 Å². The molecule has 0 fully saturated rings. The SMILES string of the molecule is C=C(C#N)/C=C\c1c(C)c2ccccc2n1-c1ccccc1-c1nc(-c2ccccc2)cc(-c2cccc([Si](c3ccccc3)(c3ccccc3)c3ccccc3)c2)n1. The van der Waals surface area contributed by atoms with Crippen molar-refractivity contribution >= 4 is 45.8 Å². The average molecular weight is 773 g/mol. The van der Waals surface area contributed by atoms with Gasteiger partial charge in [-0.25, -0.2) is 9.97 Å². The highest BCUT2D eigenvalue weighted by Crippen LogP contribution is 2.36. The van der Waals surface area contributed by atoms with Crippen LogP contribution in [0.2, 0.25) is 0 Å². The van der Waals surface area contributed by atoms with Crippen LogP contribution in [0.25, 0.3) is 56.6 Å². The average Bonchev–Trinajstić information content (AvgIpc) is 3.60. The number of rotatable bonds is 10. The van der Waals surface area contributed by atoms with Crippen LogP contribution in [0, 0.1) is 18.3 Å². The normalized spacial score (nSPS) is 11.5. The van der Waals surface area contributed by atoms with Gasteiger partial charge in [0, 0.05) is 33.3 Å². The Morgan fingerprint density at radius 1 is 0.576 bits per heavy atom. The molecule has 0 saturated heterocycles. The third-order valence-corrected chi connectivity index (χ3v) is 15.9. The van der Waals surface area contributed by atoms with Crippen molar-refractivity contribution < 1.29 is 0 Å². The first-order valence-electron chi connectivity index (χ1n) is 19.7. The zero-order valence-electron chi connectivity index (χ0n) is 32.7. The molecule has 0 N–H and O–H groups in total. The van der Waals surface area contributed by atoms with Gasteiger partial charge in [0.25, 0.3) is 0 Å². The molecule has 0 aliphatic rings. The fourth-order valence-corrected chi connectivity index (χ4v) is 13.2. The Morgan fingerprint density at radius 3 is 1.71 bits per heavy atom. The van der Waals surface area contributed by atoms with Crippen LogP contribution < -0.4 is 20.7 Å². The van der Waals surface area contributed by atoms with Crippen molar-refractivity contribution in [1.29, 1.82) is 5.26 Å². The number of aromatic nitrogens is 3. The lowest BCUT2D eigenvalue weighted by atomic mass is 10.1. The molecule has 2 heterocycles. The molecule has 2 aromatic heterocycles. The summed E-state index contributed by atoms with van der Waals surface area (Å²) in [5.41, 5.74) is 9.03. The molecule has 0 spiro atoms. The molecule has 0 aliphatic heterocycles. The first-order valence-corrected chi connectivity index (χ1v) is 21.7. The molecule has 0 unspecified atom stereocenters. The molecule has 0 amide bonds. The zero-order valence-corrected chi connectivity index (χ0v) is 33.7. The predicted molar refractivity (Wildman–Crippen MR) is 247 cm³/mol. The second-order valence-corrected chi connectivity index (χ2v) is 18.4. The molecule has 0 saturated carbocycles. The number of para-hydroxylation sites is 2. The van der Waals surface area contributed by atoms with E-state index in [9.17, 15) is 5.26 Å². The minimum atomic E-state index is -2.80. The van der Waals surface area contributed by atoms with Crippen molar-refractivity contribution in [2.75, 3.05) is 0 Å². The van der Waals surface area contributed by atoms with Crippen LogP contribution in [0.5, 0.6) is 0 Å². The lowest BCUT2D eigenvalue weighted by molar-refractivity contribution is 1.08. The van der Waals surface area contributed by atoms with Gasteiger partial charge in [-0.05, 0) is 69.7 Å². The Kier molecular flexibility index (Phi) is 10.1. The van der Waals surface area contributed by atoms with E-state index in [1.54, 1.807) is 6.08 Å². The number of hydrogen-bond acceptors (Lipinski definition) is 3. The maximum atomic E-state index is 9.55. The van der Waals surface area contributed by atoms with E-state index in [4.69, 9.17) is 9.97 Å². The van der Waals surface area contributed by atoms with Gasteiger partial charge in [-0.1, -0.05) is 183 Å². The summed E-state index contributed by atoms with van der Waals surface area (Å²) in [6, 6.07) is 73.3. The van der Waals surface area contributed by atoms with Gasteiger partial charge in [0.15, 0.2) is 13.9 Å². The van der Waals surface area contributed by atoms with Gasteiger partial charge in [0.05, 0.1) is 28.7 Å². The highest BCUT2D eigenvalue weighted by Gasteiger charge is 2.41. The summed E-state index contributed by atoms with van der Waals surface area (Å²) in [6.07, 6.45) is 3.76. The number of fused-ring (bicyclic) bond motifs is 1. The van der Waals surface area contributed by atoms with Crippen LogP contribution in [0.3, 0.4) is 0 Å². The van der Waals surface area contributed by atoms with Crippen molar-refractivity contribution in [2.24, 2.45) is 0 Å². The second kappa shape index (κ2) is 16.1. The Balaban J connectivity index is 1.29. The third kappa shape index (κ3) is 6.82. The molecule has 5 heteroatoms. The minimum absolute atomic E-state index is 0.388. The van der Waals surface area contributed by atoms with Crippen molar-refractivity contribution in [3.8, 4) is 45.7 Å². The molecule has 0 bridgehead atoms. The molecule has 280 valence electrons. The smallest absolute Gasteiger partial charge is 0.179 e. The quantitative estimate of drug-likeness (QED) is 0.0602. The highest BCUT2D eigenvalue weighted by atomic mass is 28.3. The summed E-state index contributed by atoms with van der Waals surface area (Å²) < 4.78 is 2.25. The van der Waals surface area contributed by atoms with Gasteiger partial charge < -0.3 is 4.57 Å². The Morgan fingerprint density at radius 2 is 1.08 bits per heavy atom. The standard InChI is InChI=1S/C54H40N4Si/c1-39(38-55)34-35-51-40(2)47-30-15-17-32-52(47)58(51)53-33-18-16-31-48(53)54-56-49(41-20-7-3-8-21-41)37-50(57-54)42-22-19-29-46(36-42)59(43-23-9-4-10-24-43,44-25-11-5-12-26-44)45-27-13-6-14-28-45/h3-37H,1H2,2H3/b35-34-. The van der Waals surface area contributed by atoms with Crippen molar-refractivity contribution in [1.82, 2.24) is 14.5 Å². The fourth-order valence-electron chi connectivity index (χ4n) is 8.40. The van der Waals surface area contributed by atoms with E-state index < -0.39 is 8.07 Å². The molecule has 0 atom stereocenters. The summed E-state index contributed by atoms with van der Waals surface area (Å²) in [5, 5.41) is 15.9. The lowest BCUT2D eigenvalue weighted by Gasteiger charge is -2.34. The van der Waals surface area contributed by atoms with E-state index in [1.165, 1.54) is 20.7 Å². The molecule has 0 radical (unpaired) electrons. The van der Waals surface area contributed by atoms with Gasteiger partial charge in [-0.3, -0.25) is 0 Å².